The van der Waals surface area contributed by atoms with Crippen LogP contribution in [-0.4, -0.2) is 17.2 Å². The number of benzene rings is 4. The molecule has 1 N–H and O–H groups in total. The van der Waals surface area contributed by atoms with Crippen LogP contribution in [-0.2, 0) is 0 Å². The Bertz CT molecular complexity index is 1820. The van der Waals surface area contributed by atoms with Crippen LogP contribution in [0.4, 0.5) is 0 Å². The van der Waals surface area contributed by atoms with E-state index in [1.807, 2.05) is 6.20 Å². The Hall–Kier alpha value is -4.50. The van der Waals surface area contributed by atoms with Gasteiger partial charge in [0.05, 0.1) is 16.7 Å². The van der Waals surface area contributed by atoms with E-state index in [0.29, 0.717) is 5.92 Å². The van der Waals surface area contributed by atoms with Crippen LogP contribution < -0.4 is 5.32 Å². The number of rotatable bonds is 3. The summed E-state index contributed by atoms with van der Waals surface area (Å²) in [7, 11) is 0. The van der Waals surface area contributed by atoms with Crippen LogP contribution in [0.2, 0.25) is 0 Å². The minimum atomic E-state index is 0.371. The summed E-state index contributed by atoms with van der Waals surface area (Å²) >= 11 is 0. The normalized spacial score (nSPS) is 17.2. The average molecular weight is 478 g/mol. The Morgan fingerprint density at radius 1 is 0.784 bits per heavy atom. The lowest BCUT2D eigenvalue weighted by atomic mass is 9.87. The van der Waals surface area contributed by atoms with Crippen molar-refractivity contribution in [2.75, 3.05) is 6.54 Å². The summed E-state index contributed by atoms with van der Waals surface area (Å²) in [4.78, 5) is 10.0. The molecule has 4 aromatic carbocycles. The maximum absolute atomic E-state index is 5.16. The minimum absolute atomic E-state index is 0.371. The Morgan fingerprint density at radius 3 is 2.46 bits per heavy atom. The topological polar surface area (TPSA) is 37.3 Å². The molecule has 7 rings (SSSR count). The second-order valence-electron chi connectivity index (χ2n) is 9.91. The Labute approximate surface area is 216 Å². The van der Waals surface area contributed by atoms with Crippen molar-refractivity contribution >= 4 is 44.0 Å². The third-order valence-electron chi connectivity index (χ3n) is 7.49. The maximum Gasteiger partial charge on any atom is 0.0794 e. The van der Waals surface area contributed by atoms with E-state index in [4.69, 9.17) is 9.98 Å². The van der Waals surface area contributed by atoms with Gasteiger partial charge < -0.3 is 5.32 Å². The molecule has 3 heterocycles. The lowest BCUT2D eigenvalue weighted by Gasteiger charge is -2.21. The number of aliphatic imine (C=N–C) groups is 1. The number of aromatic nitrogens is 1. The molecule has 178 valence electrons. The van der Waals surface area contributed by atoms with Gasteiger partial charge in [-0.3, -0.25) is 4.99 Å². The van der Waals surface area contributed by atoms with Crippen molar-refractivity contribution in [1.29, 1.82) is 0 Å². The zero-order valence-corrected chi connectivity index (χ0v) is 20.8. The quantitative estimate of drug-likeness (QED) is 0.211. The summed E-state index contributed by atoms with van der Waals surface area (Å²) in [5.41, 5.74) is 9.10. The first-order valence-corrected chi connectivity index (χ1v) is 13.0. The van der Waals surface area contributed by atoms with Crippen LogP contribution in [0.25, 0.3) is 49.4 Å². The van der Waals surface area contributed by atoms with Crippen LogP contribution >= 0.6 is 0 Å². The molecular formula is C34H27N3. The van der Waals surface area contributed by atoms with Crippen molar-refractivity contribution in [2.24, 2.45) is 10.9 Å². The second kappa shape index (κ2) is 8.86. The number of nitrogens with zero attached hydrogens (tertiary/aromatic N) is 2. The van der Waals surface area contributed by atoms with Crippen LogP contribution in [0, 0.1) is 5.92 Å². The van der Waals surface area contributed by atoms with E-state index in [1.54, 1.807) is 0 Å². The first-order valence-electron chi connectivity index (χ1n) is 13.0. The van der Waals surface area contributed by atoms with E-state index in [9.17, 15) is 0 Å². The molecule has 0 saturated carbocycles. The molecule has 0 spiro atoms. The van der Waals surface area contributed by atoms with E-state index >= 15 is 0 Å². The van der Waals surface area contributed by atoms with E-state index in [1.165, 1.54) is 38.4 Å². The van der Waals surface area contributed by atoms with Gasteiger partial charge in [0.1, 0.15) is 0 Å². The molecule has 3 nitrogen and oxygen atoms in total. The van der Waals surface area contributed by atoms with Crippen LogP contribution in [0.5, 0.6) is 0 Å². The Kier molecular flexibility index (Phi) is 5.21. The van der Waals surface area contributed by atoms with Crippen molar-refractivity contribution in [3.05, 3.63) is 120 Å². The SMILES string of the molecule is CC1CC=CN=C1c1cc(C2=CC=CCN2)cc(-c2c3ccccc3nc3c2ccc2ccccc23)c1. The molecule has 0 saturated heterocycles. The summed E-state index contributed by atoms with van der Waals surface area (Å²) < 4.78 is 0. The predicted octanol–water partition coefficient (Wildman–Crippen LogP) is 8.05. The number of allylic oxidation sites excluding steroid dienone is 3. The van der Waals surface area contributed by atoms with Crippen LogP contribution in [0.3, 0.4) is 0 Å². The molecule has 1 aromatic heterocycles. The van der Waals surface area contributed by atoms with E-state index in [2.05, 4.69) is 115 Å². The van der Waals surface area contributed by atoms with E-state index in [-0.39, 0.29) is 0 Å². The van der Waals surface area contributed by atoms with Gasteiger partial charge in [-0.25, -0.2) is 4.98 Å². The van der Waals surface area contributed by atoms with E-state index < -0.39 is 0 Å². The molecule has 2 aliphatic rings. The smallest absolute Gasteiger partial charge is 0.0794 e. The molecule has 0 amide bonds. The fourth-order valence-corrected chi connectivity index (χ4v) is 5.67. The van der Waals surface area contributed by atoms with Gasteiger partial charge in [-0.2, -0.15) is 0 Å². The van der Waals surface area contributed by atoms with Crippen molar-refractivity contribution < 1.29 is 0 Å². The van der Waals surface area contributed by atoms with Gasteiger partial charge >= 0.3 is 0 Å². The van der Waals surface area contributed by atoms with Gasteiger partial charge in [0.25, 0.3) is 0 Å². The highest BCUT2D eigenvalue weighted by atomic mass is 14.9. The first-order chi connectivity index (χ1) is 18.3. The first kappa shape index (κ1) is 21.8. The van der Waals surface area contributed by atoms with E-state index in [0.717, 1.165) is 40.8 Å². The van der Waals surface area contributed by atoms with Crippen molar-refractivity contribution in [3.63, 3.8) is 0 Å². The second-order valence-corrected chi connectivity index (χ2v) is 9.91. The van der Waals surface area contributed by atoms with Gasteiger partial charge in [-0.15, -0.1) is 0 Å². The highest BCUT2D eigenvalue weighted by Gasteiger charge is 2.20. The zero-order chi connectivity index (χ0) is 24.8. The number of hydrogen-bond acceptors (Lipinski definition) is 3. The molecule has 5 aromatic rings. The third-order valence-corrected chi connectivity index (χ3v) is 7.49. The van der Waals surface area contributed by atoms with Crippen LogP contribution in [0.15, 0.2) is 114 Å². The molecule has 0 aliphatic carbocycles. The van der Waals surface area contributed by atoms with Gasteiger partial charge in [0.15, 0.2) is 0 Å². The lowest BCUT2D eigenvalue weighted by Crippen LogP contribution is -2.17. The molecule has 0 bridgehead atoms. The molecule has 3 heteroatoms. The summed E-state index contributed by atoms with van der Waals surface area (Å²) in [6, 6.07) is 28.4. The fraction of sp³-hybridized carbons (Fsp3) is 0.118. The molecular weight excluding hydrogens is 450 g/mol. The number of dihydropyridines is 1. The lowest BCUT2D eigenvalue weighted by molar-refractivity contribution is 0.778. The summed E-state index contributed by atoms with van der Waals surface area (Å²) in [5, 5.41) is 8.29. The molecule has 1 atom stereocenters. The van der Waals surface area contributed by atoms with Crippen molar-refractivity contribution in [3.8, 4) is 11.1 Å². The van der Waals surface area contributed by atoms with Gasteiger partial charge in [-0.05, 0) is 58.8 Å². The molecule has 0 radical (unpaired) electrons. The average Bonchev–Trinajstić information content (AvgIpc) is 2.96. The maximum atomic E-state index is 5.16. The third kappa shape index (κ3) is 3.75. The number of hydrogen-bond donors (Lipinski definition) is 1. The standard InChI is InChI=1S/C34H27N3/c1-22-9-8-18-36-33(22)26-20-24(30-13-6-7-17-35-30)19-25(21-26)32-28-12-4-5-14-31(28)37-34-27-11-3-2-10-23(27)15-16-29(32)34/h2-8,10-16,18-22,35H,9,17H2,1H3. The summed E-state index contributed by atoms with van der Waals surface area (Å²) in [6.45, 7) is 3.09. The monoisotopic (exact) mass is 477 g/mol. The van der Waals surface area contributed by atoms with Gasteiger partial charge in [-0.1, -0.05) is 79.7 Å². The highest BCUT2D eigenvalue weighted by Crippen LogP contribution is 2.39. The number of nitrogens with one attached hydrogen (secondary N) is 1. The van der Waals surface area contributed by atoms with Gasteiger partial charge in [0, 0.05) is 46.1 Å². The summed E-state index contributed by atoms with van der Waals surface area (Å²) in [5.74, 6) is 0.371. The highest BCUT2D eigenvalue weighted by molar-refractivity contribution is 6.17. The zero-order valence-electron chi connectivity index (χ0n) is 20.8. The van der Waals surface area contributed by atoms with Crippen molar-refractivity contribution in [1.82, 2.24) is 10.3 Å². The molecule has 2 aliphatic heterocycles. The van der Waals surface area contributed by atoms with Gasteiger partial charge in [0.2, 0.25) is 0 Å². The predicted molar refractivity (Wildman–Crippen MR) is 157 cm³/mol. The largest absolute Gasteiger partial charge is 0.381 e. The van der Waals surface area contributed by atoms with Crippen LogP contribution in [0.1, 0.15) is 24.5 Å². The number of pyridine rings is 1. The fourth-order valence-electron chi connectivity index (χ4n) is 5.67. The number of para-hydroxylation sites is 1. The molecule has 0 fully saturated rings. The molecule has 1 unspecified atom stereocenters. The minimum Gasteiger partial charge on any atom is -0.381 e. The number of fused-ring (bicyclic) bond motifs is 4. The Morgan fingerprint density at radius 2 is 1.59 bits per heavy atom. The molecule has 37 heavy (non-hydrogen) atoms. The summed E-state index contributed by atoms with van der Waals surface area (Å²) in [6.07, 6.45) is 11.5. The Balaban J connectivity index is 1.58. The van der Waals surface area contributed by atoms with Crippen molar-refractivity contribution in [2.45, 2.75) is 13.3 Å².